The van der Waals surface area contributed by atoms with Crippen LogP contribution in [0.1, 0.15) is 19.7 Å². The van der Waals surface area contributed by atoms with Gasteiger partial charge < -0.3 is 10.2 Å². The summed E-state index contributed by atoms with van der Waals surface area (Å²) in [5.41, 5.74) is 1.87. The average Bonchev–Trinajstić information content (AvgIpc) is 2.88. The van der Waals surface area contributed by atoms with Crippen LogP contribution < -0.4 is 10.2 Å². The van der Waals surface area contributed by atoms with Gasteiger partial charge in [-0.25, -0.2) is 9.67 Å². The van der Waals surface area contributed by atoms with Crippen LogP contribution in [0.15, 0.2) is 30.6 Å². The number of para-hydroxylation sites is 2. The summed E-state index contributed by atoms with van der Waals surface area (Å²) in [5.74, 6) is 1.35. The van der Waals surface area contributed by atoms with Crippen molar-refractivity contribution >= 4 is 17.3 Å². The molecule has 0 aliphatic carbocycles. The quantitative estimate of drug-likeness (QED) is 0.932. The van der Waals surface area contributed by atoms with Gasteiger partial charge in [-0.05, 0) is 18.1 Å². The molecular formula is C15H19N5O. The van der Waals surface area contributed by atoms with Gasteiger partial charge in [0.05, 0.1) is 24.5 Å². The van der Waals surface area contributed by atoms with E-state index in [1.165, 1.54) is 0 Å². The number of nitrogens with one attached hydrogen (secondary N) is 1. The van der Waals surface area contributed by atoms with Crippen LogP contribution in [0.2, 0.25) is 0 Å². The second-order valence-corrected chi connectivity index (χ2v) is 5.60. The molecular weight excluding hydrogens is 266 g/mol. The maximum atomic E-state index is 12.2. The molecule has 2 aromatic rings. The SMILES string of the molecule is CC(C)Cn1ncnc1CN1C(=O)CNc2ccccc21. The molecule has 0 atom stereocenters. The fourth-order valence-corrected chi connectivity index (χ4v) is 2.48. The first kappa shape index (κ1) is 13.6. The second-order valence-electron chi connectivity index (χ2n) is 5.60. The molecule has 2 heterocycles. The maximum absolute atomic E-state index is 12.2. The fraction of sp³-hybridized carbons (Fsp3) is 0.400. The fourth-order valence-electron chi connectivity index (χ4n) is 2.48. The zero-order valence-corrected chi connectivity index (χ0v) is 12.3. The summed E-state index contributed by atoms with van der Waals surface area (Å²) in [6.07, 6.45) is 1.55. The lowest BCUT2D eigenvalue weighted by atomic mass is 10.2. The van der Waals surface area contributed by atoms with E-state index in [9.17, 15) is 4.79 Å². The first-order valence-electron chi connectivity index (χ1n) is 7.15. The zero-order valence-electron chi connectivity index (χ0n) is 12.3. The van der Waals surface area contributed by atoms with Crippen LogP contribution in [0.5, 0.6) is 0 Å². The van der Waals surface area contributed by atoms with Crippen LogP contribution in [0.25, 0.3) is 0 Å². The predicted molar refractivity (Wildman–Crippen MR) is 81.0 cm³/mol. The minimum absolute atomic E-state index is 0.0489. The molecule has 21 heavy (non-hydrogen) atoms. The summed E-state index contributed by atoms with van der Waals surface area (Å²) in [6, 6.07) is 7.82. The van der Waals surface area contributed by atoms with Gasteiger partial charge in [0.2, 0.25) is 5.91 Å². The summed E-state index contributed by atoms with van der Waals surface area (Å²) < 4.78 is 1.88. The van der Waals surface area contributed by atoms with Crippen LogP contribution in [-0.4, -0.2) is 27.2 Å². The number of rotatable bonds is 4. The number of hydrogen-bond donors (Lipinski definition) is 1. The van der Waals surface area contributed by atoms with Crippen molar-refractivity contribution in [3.05, 3.63) is 36.4 Å². The van der Waals surface area contributed by atoms with Crippen LogP contribution in [0.4, 0.5) is 11.4 Å². The van der Waals surface area contributed by atoms with Gasteiger partial charge in [0.25, 0.3) is 0 Å². The molecule has 1 amide bonds. The molecule has 110 valence electrons. The maximum Gasteiger partial charge on any atom is 0.246 e. The summed E-state index contributed by atoms with van der Waals surface area (Å²) in [6.45, 7) is 5.84. The molecule has 0 saturated carbocycles. The normalized spacial score (nSPS) is 14.2. The molecule has 0 fully saturated rings. The minimum atomic E-state index is 0.0489. The van der Waals surface area contributed by atoms with Gasteiger partial charge in [0, 0.05) is 6.54 Å². The Labute approximate surface area is 123 Å². The van der Waals surface area contributed by atoms with Crippen molar-refractivity contribution < 1.29 is 4.79 Å². The van der Waals surface area contributed by atoms with Crippen molar-refractivity contribution in [3.8, 4) is 0 Å². The zero-order chi connectivity index (χ0) is 14.8. The van der Waals surface area contributed by atoms with Crippen molar-refractivity contribution in [2.24, 2.45) is 5.92 Å². The van der Waals surface area contributed by atoms with Gasteiger partial charge >= 0.3 is 0 Å². The Balaban J connectivity index is 1.88. The molecule has 0 spiro atoms. The average molecular weight is 285 g/mol. The molecule has 1 aliphatic rings. The van der Waals surface area contributed by atoms with Gasteiger partial charge in [-0.15, -0.1) is 0 Å². The van der Waals surface area contributed by atoms with E-state index < -0.39 is 0 Å². The van der Waals surface area contributed by atoms with Crippen molar-refractivity contribution in [3.63, 3.8) is 0 Å². The van der Waals surface area contributed by atoms with E-state index >= 15 is 0 Å². The van der Waals surface area contributed by atoms with E-state index in [4.69, 9.17) is 0 Å². The molecule has 6 nitrogen and oxygen atoms in total. The largest absolute Gasteiger partial charge is 0.374 e. The van der Waals surface area contributed by atoms with Gasteiger partial charge in [0.1, 0.15) is 12.2 Å². The topological polar surface area (TPSA) is 63.1 Å². The highest BCUT2D eigenvalue weighted by molar-refractivity contribution is 6.02. The molecule has 0 bridgehead atoms. The number of benzene rings is 1. The Hall–Kier alpha value is -2.37. The number of fused-ring (bicyclic) bond motifs is 1. The smallest absolute Gasteiger partial charge is 0.246 e. The number of carbonyl (C=O) groups is 1. The van der Waals surface area contributed by atoms with Crippen LogP contribution in [0, 0.1) is 5.92 Å². The monoisotopic (exact) mass is 285 g/mol. The number of amides is 1. The van der Waals surface area contributed by atoms with E-state index in [0.717, 1.165) is 23.7 Å². The Bertz CT molecular complexity index is 649. The molecule has 1 aromatic heterocycles. The molecule has 0 radical (unpaired) electrons. The van der Waals surface area contributed by atoms with Crippen molar-refractivity contribution in [1.82, 2.24) is 14.8 Å². The number of aromatic nitrogens is 3. The molecule has 1 aliphatic heterocycles. The van der Waals surface area contributed by atoms with Gasteiger partial charge in [-0.1, -0.05) is 26.0 Å². The van der Waals surface area contributed by atoms with Gasteiger partial charge in [-0.2, -0.15) is 5.10 Å². The van der Waals surface area contributed by atoms with Crippen molar-refractivity contribution in [2.75, 3.05) is 16.8 Å². The molecule has 3 rings (SSSR count). The summed E-state index contributed by atoms with van der Waals surface area (Å²) in [5, 5.41) is 7.39. The summed E-state index contributed by atoms with van der Waals surface area (Å²) >= 11 is 0. The number of nitrogens with zero attached hydrogens (tertiary/aromatic N) is 4. The molecule has 6 heteroatoms. The lowest BCUT2D eigenvalue weighted by Crippen LogP contribution is -2.40. The highest BCUT2D eigenvalue weighted by Gasteiger charge is 2.25. The third-order valence-electron chi connectivity index (χ3n) is 3.46. The predicted octanol–water partition coefficient (Wildman–Crippen LogP) is 1.89. The highest BCUT2D eigenvalue weighted by atomic mass is 16.2. The highest BCUT2D eigenvalue weighted by Crippen LogP contribution is 2.29. The lowest BCUT2D eigenvalue weighted by molar-refractivity contribution is -0.117. The van der Waals surface area contributed by atoms with Gasteiger partial charge in [-0.3, -0.25) is 4.79 Å². The van der Waals surface area contributed by atoms with Crippen LogP contribution >= 0.6 is 0 Å². The van der Waals surface area contributed by atoms with Gasteiger partial charge in [0.15, 0.2) is 0 Å². The third kappa shape index (κ3) is 2.74. The lowest BCUT2D eigenvalue weighted by Gasteiger charge is -2.29. The van der Waals surface area contributed by atoms with Crippen LogP contribution in [0.3, 0.4) is 0 Å². The first-order chi connectivity index (χ1) is 10.1. The van der Waals surface area contributed by atoms with Crippen LogP contribution in [-0.2, 0) is 17.9 Å². The molecule has 0 saturated heterocycles. The first-order valence-corrected chi connectivity index (χ1v) is 7.15. The Kier molecular flexibility index (Phi) is 3.60. The third-order valence-corrected chi connectivity index (χ3v) is 3.46. The number of anilines is 2. The van der Waals surface area contributed by atoms with Crippen molar-refractivity contribution in [1.29, 1.82) is 0 Å². The minimum Gasteiger partial charge on any atom is -0.374 e. The molecule has 0 unspecified atom stereocenters. The second kappa shape index (κ2) is 5.55. The summed E-state index contributed by atoms with van der Waals surface area (Å²) in [7, 11) is 0. The molecule has 1 aromatic carbocycles. The van der Waals surface area contributed by atoms with Crippen molar-refractivity contribution in [2.45, 2.75) is 26.9 Å². The van der Waals surface area contributed by atoms with E-state index in [0.29, 0.717) is 19.0 Å². The van der Waals surface area contributed by atoms with E-state index in [-0.39, 0.29) is 5.91 Å². The van der Waals surface area contributed by atoms with E-state index in [1.54, 1.807) is 11.2 Å². The van der Waals surface area contributed by atoms with E-state index in [1.807, 2.05) is 28.9 Å². The Morgan fingerprint density at radius 3 is 2.95 bits per heavy atom. The molecule has 1 N–H and O–H groups in total. The van der Waals surface area contributed by atoms with E-state index in [2.05, 4.69) is 29.2 Å². The Morgan fingerprint density at radius 1 is 1.33 bits per heavy atom. The number of carbonyl (C=O) groups excluding carboxylic acids is 1. The number of hydrogen-bond acceptors (Lipinski definition) is 4. The Morgan fingerprint density at radius 2 is 2.14 bits per heavy atom. The summed E-state index contributed by atoms with van der Waals surface area (Å²) in [4.78, 5) is 18.3. The standard InChI is InChI=1S/C15H19N5O/c1-11(2)8-20-14(17-10-18-20)9-19-13-6-4-3-5-12(13)16-7-15(19)21/h3-6,10-11,16H,7-9H2,1-2H3.